The Kier molecular flexibility index (Phi) is 3.47. The van der Waals surface area contributed by atoms with Gasteiger partial charge in [-0.2, -0.15) is 13.2 Å². The maximum Gasteiger partial charge on any atom is 0.417 e. The predicted octanol–water partition coefficient (Wildman–Crippen LogP) is 3.27. The number of ether oxygens (including phenoxy) is 1. The SMILES string of the molecule is NC(=S)c1ccc(OC2CCC2)cc1C(F)(F)F. The Hall–Kier alpha value is -1.30. The minimum atomic E-state index is -4.49. The number of halogens is 3. The summed E-state index contributed by atoms with van der Waals surface area (Å²) in [5, 5.41) is 0. The quantitative estimate of drug-likeness (QED) is 0.860. The van der Waals surface area contributed by atoms with Crippen LogP contribution in [0, 0.1) is 0 Å². The molecule has 0 radical (unpaired) electrons. The zero-order valence-electron chi connectivity index (χ0n) is 9.46. The zero-order chi connectivity index (χ0) is 13.3. The summed E-state index contributed by atoms with van der Waals surface area (Å²) in [4.78, 5) is -0.266. The summed E-state index contributed by atoms with van der Waals surface area (Å²) in [6.45, 7) is 0. The third-order valence-electron chi connectivity index (χ3n) is 2.92. The van der Waals surface area contributed by atoms with E-state index in [0.29, 0.717) is 0 Å². The van der Waals surface area contributed by atoms with E-state index in [4.69, 9.17) is 10.5 Å². The molecule has 2 rings (SSSR count). The van der Waals surface area contributed by atoms with Gasteiger partial charge in [-0.05, 0) is 37.5 Å². The van der Waals surface area contributed by atoms with Crippen LogP contribution in [0.3, 0.4) is 0 Å². The second-order valence-electron chi connectivity index (χ2n) is 4.24. The van der Waals surface area contributed by atoms with Crippen LogP contribution in [0.2, 0.25) is 0 Å². The van der Waals surface area contributed by atoms with Gasteiger partial charge in [0, 0.05) is 5.56 Å². The van der Waals surface area contributed by atoms with Crippen LogP contribution < -0.4 is 10.5 Å². The molecule has 2 N–H and O–H groups in total. The number of thiocarbonyl (C=S) groups is 1. The largest absolute Gasteiger partial charge is 0.490 e. The second kappa shape index (κ2) is 4.76. The summed E-state index contributed by atoms with van der Waals surface area (Å²) in [5.41, 5.74) is 4.28. The molecule has 1 saturated carbocycles. The molecular weight excluding hydrogens is 263 g/mol. The van der Waals surface area contributed by atoms with E-state index in [1.807, 2.05) is 0 Å². The molecule has 0 atom stereocenters. The Morgan fingerprint density at radius 1 is 1.33 bits per heavy atom. The highest BCUT2D eigenvalue weighted by Gasteiger charge is 2.34. The molecule has 1 aromatic rings. The monoisotopic (exact) mass is 275 g/mol. The summed E-state index contributed by atoms with van der Waals surface area (Å²) in [7, 11) is 0. The lowest BCUT2D eigenvalue weighted by molar-refractivity contribution is -0.137. The van der Waals surface area contributed by atoms with Gasteiger partial charge in [-0.1, -0.05) is 12.2 Å². The smallest absolute Gasteiger partial charge is 0.417 e. The fourth-order valence-corrected chi connectivity index (χ4v) is 1.91. The highest BCUT2D eigenvalue weighted by atomic mass is 32.1. The lowest BCUT2D eigenvalue weighted by Crippen LogP contribution is -2.25. The zero-order valence-corrected chi connectivity index (χ0v) is 10.3. The van der Waals surface area contributed by atoms with Crippen LogP contribution in [0.15, 0.2) is 18.2 Å². The lowest BCUT2D eigenvalue weighted by Gasteiger charge is -2.27. The molecule has 0 spiro atoms. The highest BCUT2D eigenvalue weighted by Crippen LogP contribution is 2.35. The number of hydrogen-bond acceptors (Lipinski definition) is 2. The van der Waals surface area contributed by atoms with Crippen LogP contribution in [0.4, 0.5) is 13.2 Å². The van der Waals surface area contributed by atoms with Crippen LogP contribution in [-0.4, -0.2) is 11.1 Å². The maximum atomic E-state index is 12.9. The van der Waals surface area contributed by atoms with Gasteiger partial charge in [0.25, 0.3) is 0 Å². The van der Waals surface area contributed by atoms with Crippen molar-refractivity contribution in [1.29, 1.82) is 0 Å². The van der Waals surface area contributed by atoms with E-state index >= 15 is 0 Å². The average molecular weight is 275 g/mol. The molecule has 0 saturated heterocycles. The van der Waals surface area contributed by atoms with Gasteiger partial charge in [0.2, 0.25) is 0 Å². The van der Waals surface area contributed by atoms with Crippen LogP contribution in [0.25, 0.3) is 0 Å². The van der Waals surface area contributed by atoms with Crippen molar-refractivity contribution in [2.75, 3.05) is 0 Å². The fourth-order valence-electron chi connectivity index (χ4n) is 1.73. The van der Waals surface area contributed by atoms with Gasteiger partial charge in [-0.25, -0.2) is 0 Å². The predicted molar refractivity (Wildman–Crippen MR) is 65.6 cm³/mol. The summed E-state index contributed by atoms with van der Waals surface area (Å²) in [5.74, 6) is 0.215. The molecule has 0 unspecified atom stereocenters. The van der Waals surface area contributed by atoms with Crippen molar-refractivity contribution >= 4 is 17.2 Å². The minimum Gasteiger partial charge on any atom is -0.490 e. The third kappa shape index (κ3) is 2.75. The van der Waals surface area contributed by atoms with Gasteiger partial charge < -0.3 is 10.5 Å². The van der Waals surface area contributed by atoms with Crippen LogP contribution in [0.5, 0.6) is 5.75 Å². The molecule has 18 heavy (non-hydrogen) atoms. The molecule has 1 aliphatic rings. The first kappa shape index (κ1) is 13.1. The van der Waals surface area contributed by atoms with E-state index in [0.717, 1.165) is 25.3 Å². The van der Waals surface area contributed by atoms with E-state index in [9.17, 15) is 13.2 Å². The molecule has 0 aliphatic heterocycles. The fraction of sp³-hybridized carbons (Fsp3) is 0.417. The van der Waals surface area contributed by atoms with Crippen molar-refractivity contribution in [3.8, 4) is 5.75 Å². The Morgan fingerprint density at radius 2 is 2.00 bits per heavy atom. The summed E-state index contributed by atoms with van der Waals surface area (Å²) in [6.07, 6.45) is -1.63. The molecule has 0 bridgehead atoms. The van der Waals surface area contributed by atoms with E-state index in [1.165, 1.54) is 12.1 Å². The molecular formula is C12H12F3NOS. The van der Waals surface area contributed by atoms with Crippen LogP contribution >= 0.6 is 12.2 Å². The van der Waals surface area contributed by atoms with Gasteiger partial charge in [0.15, 0.2) is 0 Å². The van der Waals surface area contributed by atoms with Gasteiger partial charge in [-0.15, -0.1) is 0 Å². The Bertz CT molecular complexity index is 469. The molecule has 1 fully saturated rings. The number of hydrogen-bond donors (Lipinski definition) is 1. The molecule has 1 aliphatic carbocycles. The first-order chi connectivity index (χ1) is 8.38. The van der Waals surface area contributed by atoms with Crippen LogP contribution in [-0.2, 0) is 6.18 Å². The Labute approximate surface area is 108 Å². The summed E-state index contributed by atoms with van der Waals surface area (Å²) in [6, 6.07) is 3.70. The number of rotatable bonds is 3. The number of benzene rings is 1. The highest BCUT2D eigenvalue weighted by molar-refractivity contribution is 7.80. The van der Waals surface area contributed by atoms with Gasteiger partial charge >= 0.3 is 6.18 Å². The van der Waals surface area contributed by atoms with E-state index in [1.54, 1.807) is 0 Å². The van der Waals surface area contributed by atoms with Crippen molar-refractivity contribution < 1.29 is 17.9 Å². The van der Waals surface area contributed by atoms with Crippen molar-refractivity contribution in [3.63, 3.8) is 0 Å². The van der Waals surface area contributed by atoms with E-state index < -0.39 is 11.7 Å². The van der Waals surface area contributed by atoms with Gasteiger partial charge in [0.05, 0.1) is 11.7 Å². The minimum absolute atomic E-state index is 0.0294. The standard InChI is InChI=1S/C12H12F3NOS/c13-12(14,15)10-6-8(17-7-2-1-3-7)4-5-9(10)11(16)18/h4-7H,1-3H2,(H2,16,18). The van der Waals surface area contributed by atoms with Crippen molar-refractivity contribution in [1.82, 2.24) is 0 Å². The number of alkyl halides is 3. The Morgan fingerprint density at radius 3 is 2.44 bits per heavy atom. The van der Waals surface area contributed by atoms with Crippen molar-refractivity contribution in [2.24, 2.45) is 5.73 Å². The van der Waals surface area contributed by atoms with E-state index in [2.05, 4.69) is 12.2 Å². The van der Waals surface area contributed by atoms with Crippen molar-refractivity contribution in [3.05, 3.63) is 29.3 Å². The van der Waals surface area contributed by atoms with Crippen LogP contribution in [0.1, 0.15) is 30.4 Å². The molecule has 1 aromatic carbocycles. The van der Waals surface area contributed by atoms with E-state index in [-0.39, 0.29) is 22.4 Å². The Balaban J connectivity index is 2.32. The molecule has 6 heteroatoms. The second-order valence-corrected chi connectivity index (χ2v) is 4.68. The first-order valence-electron chi connectivity index (χ1n) is 5.55. The van der Waals surface area contributed by atoms with Crippen molar-refractivity contribution in [2.45, 2.75) is 31.5 Å². The first-order valence-corrected chi connectivity index (χ1v) is 5.96. The van der Waals surface area contributed by atoms with Gasteiger partial charge in [-0.3, -0.25) is 0 Å². The molecule has 0 amide bonds. The maximum absolute atomic E-state index is 12.9. The van der Waals surface area contributed by atoms with Gasteiger partial charge in [0.1, 0.15) is 10.7 Å². The lowest BCUT2D eigenvalue weighted by atomic mass is 9.96. The molecule has 0 aromatic heterocycles. The third-order valence-corrected chi connectivity index (χ3v) is 3.14. The average Bonchev–Trinajstić information content (AvgIpc) is 2.22. The number of nitrogens with two attached hydrogens (primary N) is 1. The molecule has 2 nitrogen and oxygen atoms in total. The summed E-state index contributed by atoms with van der Waals surface area (Å²) < 4.78 is 44.0. The molecule has 98 valence electrons. The normalized spacial score (nSPS) is 16.2. The topological polar surface area (TPSA) is 35.2 Å². The molecule has 0 heterocycles. The summed E-state index contributed by atoms with van der Waals surface area (Å²) >= 11 is 4.62.